The molecule has 152 valence electrons. The smallest absolute Gasteiger partial charge is 0.298 e. The molecule has 3 aromatic rings. The van der Waals surface area contributed by atoms with E-state index in [2.05, 4.69) is 28.5 Å². The van der Waals surface area contributed by atoms with E-state index in [0.717, 1.165) is 5.56 Å². The summed E-state index contributed by atoms with van der Waals surface area (Å²) in [7, 11) is 1.56. The average molecular weight is 412 g/mol. The van der Waals surface area contributed by atoms with Gasteiger partial charge in [-0.3, -0.25) is 4.79 Å². The first-order valence-corrected chi connectivity index (χ1v) is 10.3. The maximum atomic E-state index is 12.5. The van der Waals surface area contributed by atoms with Crippen LogP contribution < -0.4 is 14.8 Å². The second-order valence-corrected chi connectivity index (χ2v) is 7.83. The summed E-state index contributed by atoms with van der Waals surface area (Å²) in [6, 6.07) is 15.2. The summed E-state index contributed by atoms with van der Waals surface area (Å²) in [6.45, 7) is 6.12. The number of carbonyl (C=O) groups is 1. The van der Waals surface area contributed by atoms with E-state index in [1.54, 1.807) is 25.3 Å². The van der Waals surface area contributed by atoms with Crippen LogP contribution in [0.3, 0.4) is 0 Å². The first-order chi connectivity index (χ1) is 14.0. The Kier molecular flexibility index (Phi) is 6.82. The third-order valence-electron chi connectivity index (χ3n) is 4.64. The van der Waals surface area contributed by atoms with Crippen LogP contribution in [0.2, 0.25) is 0 Å². The van der Waals surface area contributed by atoms with Gasteiger partial charge >= 0.3 is 0 Å². The summed E-state index contributed by atoms with van der Waals surface area (Å²) in [5, 5.41) is 3.40. The lowest BCUT2D eigenvalue weighted by atomic mass is 10.1. The normalized spacial score (nSPS) is 11.9. The molecule has 0 spiro atoms. The van der Waals surface area contributed by atoms with Gasteiger partial charge in [-0.25, -0.2) is 0 Å². The van der Waals surface area contributed by atoms with E-state index < -0.39 is 0 Å². The predicted octanol–water partition coefficient (Wildman–Crippen LogP) is 4.70. The molecule has 6 nitrogen and oxygen atoms in total. The van der Waals surface area contributed by atoms with Crippen molar-refractivity contribution in [2.24, 2.45) is 5.92 Å². The van der Waals surface area contributed by atoms with Gasteiger partial charge in [0.25, 0.3) is 11.1 Å². The van der Waals surface area contributed by atoms with Gasteiger partial charge in [0.05, 0.1) is 7.11 Å². The second kappa shape index (κ2) is 9.52. The fraction of sp³-hybridized carbons (Fsp3) is 0.318. The summed E-state index contributed by atoms with van der Waals surface area (Å²) in [4.78, 5) is 17.0. The van der Waals surface area contributed by atoms with Crippen LogP contribution in [0.1, 0.15) is 42.5 Å². The maximum absolute atomic E-state index is 12.5. The molecule has 0 aliphatic heterocycles. The number of nitrogens with one attached hydrogen (secondary N) is 1. The number of carbonyl (C=O) groups excluding carboxylic acids is 1. The molecule has 0 aliphatic carbocycles. The van der Waals surface area contributed by atoms with Crippen LogP contribution in [0.5, 0.6) is 16.7 Å². The van der Waals surface area contributed by atoms with Crippen LogP contribution in [-0.4, -0.2) is 28.4 Å². The molecule has 7 heteroatoms. The molecule has 1 atom stereocenters. The van der Waals surface area contributed by atoms with Gasteiger partial charge in [0.1, 0.15) is 0 Å². The molecular weight excluding hydrogens is 386 g/mol. The van der Waals surface area contributed by atoms with E-state index in [1.807, 2.05) is 37.3 Å². The van der Waals surface area contributed by atoms with Crippen molar-refractivity contribution in [2.75, 3.05) is 7.11 Å². The molecule has 2 aromatic carbocycles. The largest absolute Gasteiger partial charge is 0.493 e. The Labute approximate surface area is 175 Å². The number of ether oxygens (including phenoxy) is 2. The van der Waals surface area contributed by atoms with Gasteiger partial charge in [-0.1, -0.05) is 44.2 Å². The van der Waals surface area contributed by atoms with Gasteiger partial charge in [-0.15, -0.1) is 0 Å². The number of aromatic nitrogens is 2. The fourth-order valence-electron chi connectivity index (χ4n) is 2.58. The highest BCUT2D eigenvalue weighted by Crippen LogP contribution is 2.33. The Morgan fingerprint density at radius 2 is 1.86 bits per heavy atom. The van der Waals surface area contributed by atoms with Crippen LogP contribution >= 0.6 is 11.5 Å². The number of methoxy groups -OCH3 is 1. The van der Waals surface area contributed by atoms with Crippen molar-refractivity contribution < 1.29 is 14.3 Å². The molecule has 1 amide bonds. The standard InChI is InChI=1S/C22H25N3O3S/c1-14(2)15(3)23-21(26)17-10-11-18(27-4)19(13-17)28-22-24-20(25-29-22)12-16-8-6-5-7-9-16/h5-11,13-15H,12H2,1-4H3,(H,23,26). The van der Waals surface area contributed by atoms with Gasteiger partial charge in [0, 0.05) is 29.6 Å². The quantitative estimate of drug-likeness (QED) is 0.581. The number of hydrogen-bond donors (Lipinski definition) is 1. The minimum atomic E-state index is -0.152. The molecule has 0 aliphatic rings. The molecule has 3 rings (SSSR count). The van der Waals surface area contributed by atoms with Crippen molar-refractivity contribution in [2.45, 2.75) is 33.2 Å². The zero-order valence-corrected chi connectivity index (χ0v) is 17.8. The highest BCUT2D eigenvalue weighted by Gasteiger charge is 2.17. The Bertz CT molecular complexity index is 957. The molecule has 0 bridgehead atoms. The van der Waals surface area contributed by atoms with Gasteiger partial charge in [-0.2, -0.15) is 9.36 Å². The lowest BCUT2D eigenvalue weighted by molar-refractivity contribution is 0.0930. The minimum Gasteiger partial charge on any atom is -0.493 e. The monoisotopic (exact) mass is 411 g/mol. The van der Waals surface area contributed by atoms with Crippen LogP contribution in [0.15, 0.2) is 48.5 Å². The molecule has 1 heterocycles. The zero-order chi connectivity index (χ0) is 20.8. The zero-order valence-electron chi connectivity index (χ0n) is 17.0. The highest BCUT2D eigenvalue weighted by atomic mass is 32.1. The Balaban J connectivity index is 1.75. The molecular formula is C22H25N3O3S. The predicted molar refractivity (Wildman–Crippen MR) is 114 cm³/mol. The highest BCUT2D eigenvalue weighted by molar-refractivity contribution is 7.07. The average Bonchev–Trinajstić information content (AvgIpc) is 3.15. The van der Waals surface area contributed by atoms with Crippen LogP contribution in [0, 0.1) is 5.92 Å². The summed E-state index contributed by atoms with van der Waals surface area (Å²) in [5.41, 5.74) is 1.63. The molecule has 1 unspecified atom stereocenters. The molecule has 29 heavy (non-hydrogen) atoms. The van der Waals surface area contributed by atoms with E-state index in [1.165, 1.54) is 11.5 Å². The maximum Gasteiger partial charge on any atom is 0.298 e. The number of amides is 1. The van der Waals surface area contributed by atoms with Crippen molar-refractivity contribution in [1.82, 2.24) is 14.7 Å². The second-order valence-electron chi connectivity index (χ2n) is 7.11. The molecule has 0 fully saturated rings. The van der Waals surface area contributed by atoms with Gasteiger partial charge in [0.15, 0.2) is 17.3 Å². The van der Waals surface area contributed by atoms with Crippen LogP contribution in [0.25, 0.3) is 0 Å². The molecule has 0 saturated heterocycles. The lowest BCUT2D eigenvalue weighted by Crippen LogP contribution is -2.36. The molecule has 0 radical (unpaired) electrons. The molecule has 1 N–H and O–H groups in total. The Morgan fingerprint density at radius 1 is 1.10 bits per heavy atom. The van der Waals surface area contributed by atoms with E-state index in [9.17, 15) is 4.79 Å². The number of hydrogen-bond acceptors (Lipinski definition) is 6. The molecule has 0 saturated carbocycles. The Morgan fingerprint density at radius 3 is 2.55 bits per heavy atom. The first kappa shape index (κ1) is 20.8. The van der Waals surface area contributed by atoms with E-state index in [-0.39, 0.29) is 11.9 Å². The van der Waals surface area contributed by atoms with Gasteiger partial charge in [0.2, 0.25) is 0 Å². The fourth-order valence-corrected chi connectivity index (χ4v) is 3.14. The summed E-state index contributed by atoms with van der Waals surface area (Å²) in [6.07, 6.45) is 0.632. The van der Waals surface area contributed by atoms with Crippen molar-refractivity contribution in [3.05, 3.63) is 65.5 Å². The third-order valence-corrected chi connectivity index (χ3v) is 5.27. The van der Waals surface area contributed by atoms with Crippen molar-refractivity contribution in [1.29, 1.82) is 0 Å². The first-order valence-electron chi connectivity index (χ1n) is 9.49. The topological polar surface area (TPSA) is 73.3 Å². The molecule has 1 aromatic heterocycles. The van der Waals surface area contributed by atoms with E-state index >= 15 is 0 Å². The van der Waals surface area contributed by atoms with Gasteiger partial charge < -0.3 is 14.8 Å². The lowest BCUT2D eigenvalue weighted by Gasteiger charge is -2.18. The Hall–Kier alpha value is -2.93. The van der Waals surface area contributed by atoms with Gasteiger partial charge in [-0.05, 0) is 36.6 Å². The van der Waals surface area contributed by atoms with Crippen molar-refractivity contribution >= 4 is 17.4 Å². The summed E-state index contributed by atoms with van der Waals surface area (Å²) >= 11 is 1.17. The number of nitrogens with zero attached hydrogens (tertiary/aromatic N) is 2. The summed E-state index contributed by atoms with van der Waals surface area (Å²) < 4.78 is 15.6. The van der Waals surface area contributed by atoms with E-state index in [4.69, 9.17) is 9.47 Å². The number of rotatable bonds is 8. The van der Waals surface area contributed by atoms with E-state index in [0.29, 0.717) is 40.4 Å². The van der Waals surface area contributed by atoms with Crippen molar-refractivity contribution in [3.63, 3.8) is 0 Å². The number of benzene rings is 2. The van der Waals surface area contributed by atoms with Crippen LogP contribution in [-0.2, 0) is 6.42 Å². The third kappa shape index (κ3) is 5.54. The van der Waals surface area contributed by atoms with Crippen molar-refractivity contribution in [3.8, 4) is 16.7 Å². The minimum absolute atomic E-state index is 0.0673. The summed E-state index contributed by atoms with van der Waals surface area (Å²) in [5.74, 6) is 1.84. The SMILES string of the molecule is COc1ccc(C(=O)NC(C)C(C)C)cc1Oc1nc(Cc2ccccc2)ns1. The van der Waals surface area contributed by atoms with Crippen LogP contribution in [0.4, 0.5) is 0 Å².